The van der Waals surface area contributed by atoms with Crippen molar-refractivity contribution in [3.8, 4) is 0 Å². The zero-order chi connectivity index (χ0) is 18.5. The van der Waals surface area contributed by atoms with Crippen molar-refractivity contribution in [2.75, 3.05) is 24.6 Å². The Labute approximate surface area is 154 Å². The van der Waals surface area contributed by atoms with Crippen LogP contribution >= 0.6 is 33.0 Å². The van der Waals surface area contributed by atoms with Crippen LogP contribution in [-0.2, 0) is 0 Å². The lowest BCUT2D eigenvalue weighted by Crippen LogP contribution is -2.36. The van der Waals surface area contributed by atoms with Gasteiger partial charge in [0, 0.05) is 10.3 Å². The highest BCUT2D eigenvalue weighted by molar-refractivity contribution is 7.79. The minimum atomic E-state index is 0.178. The molecule has 23 heavy (non-hydrogen) atoms. The van der Waals surface area contributed by atoms with E-state index in [1.54, 1.807) is 0 Å². The first-order chi connectivity index (χ1) is 10.3. The zero-order valence-corrected chi connectivity index (χ0v) is 21.6. The van der Waals surface area contributed by atoms with E-state index in [0.717, 1.165) is 22.6 Å². The van der Waals surface area contributed by atoms with Crippen molar-refractivity contribution in [1.29, 1.82) is 0 Å². The average molecular weight is 396 g/mol. The predicted molar refractivity (Wildman–Crippen MR) is 124 cm³/mol. The van der Waals surface area contributed by atoms with E-state index < -0.39 is 0 Å². The topological polar surface area (TPSA) is 0 Å². The molecular formula is C19H44P4. The summed E-state index contributed by atoms with van der Waals surface area (Å²) in [5.74, 6) is 0. The fourth-order valence-corrected chi connectivity index (χ4v) is 20.2. The third-order valence-electron chi connectivity index (χ3n) is 4.10. The first kappa shape index (κ1) is 24.7. The van der Waals surface area contributed by atoms with Crippen LogP contribution in [0, 0.1) is 0 Å². The molecule has 0 amide bonds. The second kappa shape index (κ2) is 10.2. The molecule has 0 aromatic heterocycles. The molecule has 0 N–H and O–H groups in total. The van der Waals surface area contributed by atoms with Gasteiger partial charge < -0.3 is 0 Å². The summed E-state index contributed by atoms with van der Waals surface area (Å²) in [4.78, 5) is 0.548. The molecular weight excluding hydrogens is 352 g/mol. The molecule has 0 saturated heterocycles. The Morgan fingerprint density at radius 2 is 0.870 bits per heavy atom. The minimum Gasteiger partial charge on any atom is -0.105 e. The fourth-order valence-electron chi connectivity index (χ4n) is 3.82. The second-order valence-corrected chi connectivity index (χ2v) is 21.2. The van der Waals surface area contributed by atoms with Crippen LogP contribution < -0.4 is 0 Å². The highest BCUT2D eigenvalue weighted by Crippen LogP contribution is 2.73. The van der Waals surface area contributed by atoms with Crippen molar-refractivity contribution in [3.05, 3.63) is 0 Å². The Bertz CT molecular complexity index is 291. The molecule has 0 aromatic rings. The fraction of sp³-hybridized carbons (Fsp3) is 1.00. The molecule has 0 bridgehead atoms. The Hall–Kier alpha value is 1.72. The van der Waals surface area contributed by atoms with Gasteiger partial charge in [0.25, 0.3) is 0 Å². The van der Waals surface area contributed by atoms with E-state index >= 15 is 0 Å². The van der Waals surface area contributed by atoms with Crippen LogP contribution in [0.15, 0.2) is 0 Å². The maximum atomic E-state index is 2.69. The quantitative estimate of drug-likeness (QED) is 0.346. The van der Waals surface area contributed by atoms with Crippen molar-refractivity contribution < 1.29 is 0 Å². The van der Waals surface area contributed by atoms with Crippen LogP contribution in [0.3, 0.4) is 0 Å². The highest BCUT2D eigenvalue weighted by Gasteiger charge is 2.45. The molecule has 0 spiro atoms. The van der Waals surface area contributed by atoms with Gasteiger partial charge in [0.2, 0.25) is 0 Å². The smallest absolute Gasteiger partial charge is 0.0137 e. The van der Waals surface area contributed by atoms with Crippen molar-refractivity contribution in [2.24, 2.45) is 0 Å². The third-order valence-corrected chi connectivity index (χ3v) is 16.6. The van der Waals surface area contributed by atoms with Crippen LogP contribution in [0.25, 0.3) is 0 Å². The second-order valence-electron chi connectivity index (χ2n) is 8.77. The van der Waals surface area contributed by atoms with Gasteiger partial charge in [0.15, 0.2) is 0 Å². The van der Waals surface area contributed by atoms with Crippen LogP contribution in [0.2, 0.25) is 0 Å². The molecule has 140 valence electrons. The van der Waals surface area contributed by atoms with E-state index in [0.29, 0.717) is 15.2 Å². The van der Waals surface area contributed by atoms with Crippen LogP contribution in [0.5, 0.6) is 0 Å². The summed E-state index contributed by atoms with van der Waals surface area (Å²) in [6, 6.07) is 0. The standard InChI is InChI=1S/C19H44P4/c1-12-22(13-2)16(23(14-3)15-4)19(11,20-17(5,6)7)21-18(8,9)10/h16,20-21H,12-15H2,1-11H3. The summed E-state index contributed by atoms with van der Waals surface area (Å²) < 4.78 is 0. The Balaban J connectivity index is 5.96. The highest BCUT2D eigenvalue weighted by atomic mass is 31.2. The van der Waals surface area contributed by atoms with Gasteiger partial charge in [-0.2, -0.15) is 0 Å². The first-order valence-electron chi connectivity index (χ1n) is 9.40. The van der Waals surface area contributed by atoms with E-state index in [4.69, 9.17) is 0 Å². The molecule has 4 heteroatoms. The van der Waals surface area contributed by atoms with Crippen molar-refractivity contribution in [1.82, 2.24) is 0 Å². The molecule has 2 atom stereocenters. The van der Waals surface area contributed by atoms with Crippen LogP contribution in [0.1, 0.15) is 76.2 Å². The third kappa shape index (κ3) is 8.77. The van der Waals surface area contributed by atoms with Gasteiger partial charge in [-0.1, -0.05) is 92.0 Å². The monoisotopic (exact) mass is 396 g/mol. The molecule has 0 aliphatic heterocycles. The molecule has 0 radical (unpaired) electrons. The Morgan fingerprint density at radius 1 is 0.609 bits per heavy atom. The molecule has 0 rings (SSSR count). The van der Waals surface area contributed by atoms with Gasteiger partial charge in [0.1, 0.15) is 0 Å². The summed E-state index contributed by atoms with van der Waals surface area (Å²) in [5.41, 5.74) is 0. The van der Waals surface area contributed by atoms with Crippen LogP contribution in [-0.4, -0.2) is 45.3 Å². The summed E-state index contributed by atoms with van der Waals surface area (Å²) in [6.45, 7) is 27.3. The average Bonchev–Trinajstić information content (AvgIpc) is 2.34. The van der Waals surface area contributed by atoms with Gasteiger partial charge in [-0.3, -0.25) is 0 Å². The number of hydrogen-bond donors (Lipinski definition) is 0. The van der Waals surface area contributed by atoms with Crippen LogP contribution in [0.4, 0.5) is 0 Å². The minimum absolute atomic E-state index is 0.178. The molecule has 0 aliphatic carbocycles. The van der Waals surface area contributed by atoms with Gasteiger partial charge in [0.05, 0.1) is 0 Å². The lowest BCUT2D eigenvalue weighted by atomic mass is 10.3. The molecule has 0 fully saturated rings. The largest absolute Gasteiger partial charge is 0.105 e. The summed E-state index contributed by atoms with van der Waals surface area (Å²) in [6.07, 6.45) is 5.70. The molecule has 2 unspecified atom stereocenters. The predicted octanol–water partition coefficient (Wildman–Crippen LogP) is 8.03. The molecule has 0 aromatic carbocycles. The normalized spacial score (nSPS) is 17.5. The SMILES string of the molecule is CCP(CC)C(P(CC)CC)C(C)(PC(C)(C)C)PC(C)(C)C. The Kier molecular flexibility index (Phi) is 10.9. The zero-order valence-electron chi connectivity index (χ0n) is 17.8. The maximum Gasteiger partial charge on any atom is 0.0137 e. The van der Waals surface area contributed by atoms with Crippen molar-refractivity contribution in [3.63, 3.8) is 0 Å². The van der Waals surface area contributed by atoms with E-state index in [1.165, 1.54) is 24.6 Å². The first-order valence-corrected chi connectivity index (χ1v) is 15.0. The Morgan fingerprint density at radius 3 is 1.04 bits per heavy atom. The van der Waals surface area contributed by atoms with Gasteiger partial charge in [-0.15, -0.1) is 17.2 Å². The van der Waals surface area contributed by atoms with E-state index in [9.17, 15) is 0 Å². The molecule has 0 saturated carbocycles. The van der Waals surface area contributed by atoms with Gasteiger partial charge in [-0.25, -0.2) is 0 Å². The van der Waals surface area contributed by atoms with Gasteiger partial charge in [-0.05, 0) is 35.0 Å². The van der Waals surface area contributed by atoms with Crippen molar-refractivity contribution >= 4 is 33.0 Å². The van der Waals surface area contributed by atoms with Crippen molar-refractivity contribution in [2.45, 2.75) is 96.8 Å². The summed E-state index contributed by atoms with van der Waals surface area (Å²) in [5, 5.41) is 1.92. The maximum absolute atomic E-state index is 2.69. The molecule has 0 heterocycles. The molecule has 0 aliphatic rings. The van der Waals surface area contributed by atoms with E-state index in [2.05, 4.69) is 76.2 Å². The van der Waals surface area contributed by atoms with Gasteiger partial charge >= 0.3 is 0 Å². The lowest BCUT2D eigenvalue weighted by molar-refractivity contribution is 0.748. The number of rotatable bonds is 9. The lowest BCUT2D eigenvalue weighted by Gasteiger charge is -2.51. The number of hydrogen-bond acceptors (Lipinski definition) is 0. The summed E-state index contributed by atoms with van der Waals surface area (Å²) in [7, 11) is 2.52. The van der Waals surface area contributed by atoms with E-state index in [1.807, 2.05) is 0 Å². The molecule has 0 nitrogen and oxygen atoms in total. The summed E-state index contributed by atoms with van der Waals surface area (Å²) >= 11 is 0. The van der Waals surface area contributed by atoms with E-state index in [-0.39, 0.29) is 15.8 Å².